The predicted octanol–water partition coefficient (Wildman–Crippen LogP) is 3.63. The molecule has 4 rings (SSSR count). The van der Waals surface area contributed by atoms with Gasteiger partial charge in [0.25, 0.3) is 0 Å². The maximum Gasteiger partial charge on any atom is 0.240 e. The van der Waals surface area contributed by atoms with Crippen LogP contribution in [0.5, 0.6) is 5.75 Å². The van der Waals surface area contributed by atoms with Crippen LogP contribution in [0.3, 0.4) is 0 Å². The molecule has 2 aromatic carbocycles. The summed E-state index contributed by atoms with van der Waals surface area (Å²) >= 11 is 0. The van der Waals surface area contributed by atoms with Gasteiger partial charge in [0.2, 0.25) is 10.0 Å². The van der Waals surface area contributed by atoms with Crippen molar-refractivity contribution in [2.75, 3.05) is 7.11 Å². The highest BCUT2D eigenvalue weighted by Crippen LogP contribution is 2.24. The molecule has 2 N–H and O–H groups in total. The van der Waals surface area contributed by atoms with Crippen LogP contribution in [0.2, 0.25) is 0 Å². The van der Waals surface area contributed by atoms with Crippen LogP contribution in [0.25, 0.3) is 22.3 Å². The first-order valence-electron chi connectivity index (χ1n) is 8.97. The minimum absolute atomic E-state index is 0.166. The van der Waals surface area contributed by atoms with E-state index in [9.17, 15) is 8.42 Å². The molecular weight excluding hydrogens is 386 g/mol. The minimum Gasteiger partial charge on any atom is -0.489 e. The Hall–Kier alpha value is -3.34. The van der Waals surface area contributed by atoms with E-state index in [1.54, 1.807) is 43.6 Å². The molecule has 0 radical (unpaired) electrons. The van der Waals surface area contributed by atoms with Gasteiger partial charge in [-0.25, -0.2) is 18.1 Å². The summed E-state index contributed by atoms with van der Waals surface area (Å²) in [5, 5.41) is 0.860. The number of fused-ring (bicyclic) bond motifs is 1. The molecule has 0 saturated heterocycles. The van der Waals surface area contributed by atoms with Crippen LogP contribution in [0.4, 0.5) is 0 Å². The van der Waals surface area contributed by atoms with Crippen LogP contribution in [-0.4, -0.2) is 25.5 Å². The maximum atomic E-state index is 12.5. The number of benzene rings is 1. The summed E-state index contributed by atoms with van der Waals surface area (Å²) in [6.07, 6.45) is 1.77. The highest BCUT2D eigenvalue weighted by molar-refractivity contribution is 7.89. The number of methoxy groups -OCH3 is 1. The maximum absolute atomic E-state index is 12.5. The van der Waals surface area contributed by atoms with E-state index in [4.69, 9.17) is 4.74 Å². The molecule has 7 heteroatoms. The number of hydrogen-bond donors (Lipinski definition) is 2. The van der Waals surface area contributed by atoms with Gasteiger partial charge in [-0.2, -0.15) is 0 Å². The highest BCUT2D eigenvalue weighted by Gasteiger charge is 2.15. The molecule has 2 heterocycles. The Morgan fingerprint density at radius 3 is 2.72 bits per heavy atom. The first-order valence-corrected chi connectivity index (χ1v) is 10.5. The number of ether oxygens (including phenoxy) is 1. The zero-order valence-corrected chi connectivity index (χ0v) is 16.8. The van der Waals surface area contributed by atoms with Crippen molar-refractivity contribution in [3.63, 3.8) is 0 Å². The lowest BCUT2D eigenvalue weighted by atomic mass is 10.1. The van der Waals surface area contributed by atoms with Gasteiger partial charge in [0.15, 0.2) is 5.75 Å². The monoisotopic (exact) mass is 405 g/mol. The number of aryl methyl sites for hydroxylation is 1. The van der Waals surface area contributed by atoms with E-state index >= 15 is 0 Å². The molecule has 4 aromatic rings. The Bertz CT molecular complexity index is 1260. The molecule has 0 aliphatic rings. The molecule has 0 amide bonds. The fourth-order valence-corrected chi connectivity index (χ4v) is 4.01. The van der Waals surface area contributed by atoms with Crippen LogP contribution in [0.15, 0.2) is 59.6 Å². The number of aromatic amines is 1. The zero-order chi connectivity index (χ0) is 20.4. The van der Waals surface area contributed by atoms with E-state index in [1.165, 1.54) is 0 Å². The average Bonchev–Trinajstić information content (AvgIpc) is 3.15. The standard InChI is InChI=1S/C22H19N3O3S/c1-15-6-8-19(9-7-15)29(26,27)24-14-17-13-23-22-20(17)10-11-21(25-22)16-4-3-5-18(12-16)28-2/h4,6-13,24H,14H2,1-2H3,(H,23,25). The molecule has 6 nitrogen and oxygen atoms in total. The van der Waals surface area contributed by atoms with E-state index in [2.05, 4.69) is 26.8 Å². The van der Waals surface area contributed by atoms with Gasteiger partial charge in [-0.15, -0.1) is 0 Å². The van der Waals surface area contributed by atoms with Gasteiger partial charge in [-0.3, -0.25) is 0 Å². The summed E-state index contributed by atoms with van der Waals surface area (Å²) in [4.78, 5) is 7.99. The second-order valence-corrected chi connectivity index (χ2v) is 8.39. The average molecular weight is 405 g/mol. The lowest BCUT2D eigenvalue weighted by Gasteiger charge is -2.07. The predicted molar refractivity (Wildman–Crippen MR) is 111 cm³/mol. The van der Waals surface area contributed by atoms with Crippen LogP contribution in [-0.2, 0) is 16.6 Å². The van der Waals surface area contributed by atoms with E-state index in [1.807, 2.05) is 25.1 Å². The second kappa shape index (κ2) is 7.59. The Morgan fingerprint density at radius 2 is 1.97 bits per heavy atom. The third-order valence-electron chi connectivity index (χ3n) is 4.63. The molecule has 29 heavy (non-hydrogen) atoms. The zero-order valence-electron chi connectivity index (χ0n) is 16.0. The topological polar surface area (TPSA) is 84.1 Å². The molecule has 0 aliphatic heterocycles. The van der Waals surface area contributed by atoms with Crippen molar-refractivity contribution >= 4 is 21.1 Å². The van der Waals surface area contributed by atoms with Gasteiger partial charge in [-0.1, -0.05) is 23.8 Å². The molecule has 0 aliphatic carbocycles. The SMILES string of the molecule is COc1c#ccc(-c2ccc3c(CNS(=O)(=O)c4ccc(C)cc4)c[nH]c3n2)c1. The molecule has 0 spiro atoms. The van der Waals surface area contributed by atoms with E-state index in [-0.39, 0.29) is 11.4 Å². The van der Waals surface area contributed by atoms with Gasteiger partial charge in [0.1, 0.15) is 5.65 Å². The number of pyridine rings is 1. The van der Waals surface area contributed by atoms with Gasteiger partial charge < -0.3 is 9.72 Å². The summed E-state index contributed by atoms with van der Waals surface area (Å²) in [6.45, 7) is 2.08. The third-order valence-corrected chi connectivity index (χ3v) is 6.05. The van der Waals surface area contributed by atoms with Gasteiger partial charge in [0, 0.05) is 23.7 Å². The van der Waals surface area contributed by atoms with Crippen molar-refractivity contribution in [1.29, 1.82) is 0 Å². The first kappa shape index (κ1) is 19.0. The highest BCUT2D eigenvalue weighted by atomic mass is 32.2. The Labute approximate surface area is 169 Å². The Balaban J connectivity index is 1.57. The normalized spacial score (nSPS) is 11.4. The molecule has 0 unspecified atom stereocenters. The lowest BCUT2D eigenvalue weighted by molar-refractivity contribution is 0.415. The van der Waals surface area contributed by atoms with Crippen molar-refractivity contribution in [2.45, 2.75) is 18.4 Å². The van der Waals surface area contributed by atoms with Crippen LogP contribution in [0.1, 0.15) is 11.1 Å². The number of nitrogens with one attached hydrogen (secondary N) is 2. The van der Waals surface area contributed by atoms with Crippen molar-refractivity contribution in [3.8, 4) is 17.0 Å². The number of aromatic nitrogens is 2. The number of sulfonamides is 1. The Morgan fingerprint density at radius 1 is 1.17 bits per heavy atom. The molecule has 0 saturated carbocycles. The number of H-pyrrole nitrogens is 1. The number of hydrogen-bond acceptors (Lipinski definition) is 4. The number of rotatable bonds is 6. The van der Waals surface area contributed by atoms with E-state index in [0.717, 1.165) is 27.8 Å². The van der Waals surface area contributed by atoms with Crippen molar-refractivity contribution in [2.24, 2.45) is 0 Å². The van der Waals surface area contributed by atoms with Crippen LogP contribution in [0, 0.1) is 19.1 Å². The summed E-state index contributed by atoms with van der Waals surface area (Å²) in [5.41, 5.74) is 4.13. The van der Waals surface area contributed by atoms with Gasteiger partial charge >= 0.3 is 0 Å². The fourth-order valence-electron chi connectivity index (χ4n) is 3.00. The molecule has 0 atom stereocenters. The molecule has 2 aromatic heterocycles. The summed E-state index contributed by atoms with van der Waals surface area (Å²) < 4.78 is 32.9. The lowest BCUT2D eigenvalue weighted by Crippen LogP contribution is -2.23. The first-order chi connectivity index (χ1) is 14.0. The largest absolute Gasteiger partial charge is 0.489 e. The quantitative estimate of drug-likeness (QED) is 0.513. The summed E-state index contributed by atoms with van der Waals surface area (Å²) in [7, 11) is -2.01. The van der Waals surface area contributed by atoms with Gasteiger partial charge in [-0.05, 0) is 55.0 Å². The van der Waals surface area contributed by atoms with E-state index < -0.39 is 10.0 Å². The van der Waals surface area contributed by atoms with Crippen molar-refractivity contribution < 1.29 is 13.2 Å². The fraction of sp³-hybridized carbons (Fsp3) is 0.136. The Kier molecular flexibility index (Phi) is 4.97. The molecule has 0 fully saturated rings. The van der Waals surface area contributed by atoms with Crippen molar-refractivity contribution in [1.82, 2.24) is 14.7 Å². The smallest absolute Gasteiger partial charge is 0.240 e. The second-order valence-electron chi connectivity index (χ2n) is 6.63. The summed E-state index contributed by atoms with van der Waals surface area (Å²) in [6, 6.07) is 20.0. The third kappa shape index (κ3) is 3.94. The van der Waals surface area contributed by atoms with Crippen LogP contribution < -0.4 is 9.46 Å². The van der Waals surface area contributed by atoms with Gasteiger partial charge in [0.05, 0.1) is 17.7 Å². The molecule has 146 valence electrons. The number of nitrogens with zero attached hydrogens (tertiary/aromatic N) is 1. The minimum atomic E-state index is -3.59. The summed E-state index contributed by atoms with van der Waals surface area (Å²) in [5.74, 6) is 0.585. The van der Waals surface area contributed by atoms with Crippen molar-refractivity contribution in [3.05, 3.63) is 78.0 Å². The van der Waals surface area contributed by atoms with E-state index in [0.29, 0.717) is 11.4 Å². The van der Waals surface area contributed by atoms with Crippen LogP contribution >= 0.6 is 0 Å². The molecule has 0 bridgehead atoms. The molecular formula is C22H19N3O3S.